The number of rotatable bonds is 6. The van der Waals surface area contributed by atoms with E-state index in [1.807, 2.05) is 39.0 Å². The van der Waals surface area contributed by atoms with Gasteiger partial charge >= 0.3 is 5.97 Å². The number of carbonyl (C=O) groups excluding carboxylic acids is 1. The number of nitrogens with two attached hydrogens (primary N) is 1. The molecular formula is C15H23NO2. The molecule has 0 spiro atoms. The highest BCUT2D eigenvalue weighted by atomic mass is 16.5. The quantitative estimate of drug-likeness (QED) is 0.789. The Morgan fingerprint density at radius 1 is 1.39 bits per heavy atom. The molecule has 100 valence electrons. The van der Waals surface area contributed by atoms with E-state index in [4.69, 9.17) is 10.5 Å². The highest BCUT2D eigenvalue weighted by Crippen LogP contribution is 2.13. The van der Waals surface area contributed by atoms with Crippen LogP contribution in [-0.4, -0.2) is 18.1 Å². The Bertz CT molecular complexity index is 394. The summed E-state index contributed by atoms with van der Waals surface area (Å²) >= 11 is 0. The molecule has 1 aromatic carbocycles. The van der Waals surface area contributed by atoms with Crippen molar-refractivity contribution in [1.82, 2.24) is 0 Å². The molecule has 1 rings (SSSR count). The summed E-state index contributed by atoms with van der Waals surface area (Å²) in [4.78, 5) is 11.6. The largest absolute Gasteiger partial charge is 0.462 e. The van der Waals surface area contributed by atoms with E-state index in [0.29, 0.717) is 12.2 Å². The molecule has 0 aliphatic heterocycles. The summed E-state index contributed by atoms with van der Waals surface area (Å²) in [6.45, 7) is 6.28. The molecule has 0 amide bonds. The number of hydrogen-bond donors (Lipinski definition) is 1. The fraction of sp³-hybridized carbons (Fsp3) is 0.533. The third-order valence-corrected chi connectivity index (χ3v) is 2.72. The highest BCUT2D eigenvalue weighted by molar-refractivity contribution is 5.89. The first kappa shape index (κ1) is 14.7. The van der Waals surface area contributed by atoms with Gasteiger partial charge in [0.25, 0.3) is 0 Å². The number of aryl methyl sites for hydroxylation is 1. The van der Waals surface area contributed by atoms with Gasteiger partial charge in [0.1, 0.15) is 0 Å². The molecule has 0 aliphatic rings. The molecule has 3 nitrogen and oxygen atoms in total. The lowest BCUT2D eigenvalue weighted by Gasteiger charge is -2.17. The van der Waals surface area contributed by atoms with Gasteiger partial charge in [0.2, 0.25) is 0 Å². The Kier molecular flexibility index (Phi) is 5.35. The van der Waals surface area contributed by atoms with Crippen LogP contribution in [0.3, 0.4) is 0 Å². The van der Waals surface area contributed by atoms with E-state index in [9.17, 15) is 4.79 Å². The van der Waals surface area contributed by atoms with Crippen LogP contribution in [0, 0.1) is 0 Å². The minimum Gasteiger partial charge on any atom is -0.462 e. The number of hydrogen-bond acceptors (Lipinski definition) is 3. The second-order valence-electron chi connectivity index (χ2n) is 5.26. The van der Waals surface area contributed by atoms with Crippen molar-refractivity contribution >= 4 is 5.97 Å². The van der Waals surface area contributed by atoms with Crippen molar-refractivity contribution in [3.8, 4) is 0 Å². The molecule has 0 fully saturated rings. The van der Waals surface area contributed by atoms with E-state index in [-0.39, 0.29) is 11.5 Å². The molecule has 18 heavy (non-hydrogen) atoms. The Balaban J connectivity index is 2.57. The van der Waals surface area contributed by atoms with Gasteiger partial charge in [0.15, 0.2) is 0 Å². The SMILES string of the molecule is CCOC(=O)c1cccc(CCCC(C)(C)N)c1. The van der Waals surface area contributed by atoms with Crippen molar-refractivity contribution in [2.75, 3.05) is 6.61 Å². The fourth-order valence-corrected chi connectivity index (χ4v) is 1.82. The molecule has 0 unspecified atom stereocenters. The molecule has 0 radical (unpaired) electrons. The average molecular weight is 249 g/mol. The summed E-state index contributed by atoms with van der Waals surface area (Å²) in [5.41, 5.74) is 7.60. The van der Waals surface area contributed by atoms with Gasteiger partial charge in [0, 0.05) is 5.54 Å². The number of benzene rings is 1. The third kappa shape index (κ3) is 5.32. The van der Waals surface area contributed by atoms with Crippen LogP contribution in [0.5, 0.6) is 0 Å². The van der Waals surface area contributed by atoms with Gasteiger partial charge in [-0.25, -0.2) is 4.79 Å². The van der Waals surface area contributed by atoms with Gasteiger partial charge in [-0.1, -0.05) is 12.1 Å². The van der Waals surface area contributed by atoms with Crippen LogP contribution >= 0.6 is 0 Å². The highest BCUT2D eigenvalue weighted by Gasteiger charge is 2.10. The van der Waals surface area contributed by atoms with Crippen molar-refractivity contribution in [2.24, 2.45) is 5.73 Å². The second kappa shape index (κ2) is 6.55. The van der Waals surface area contributed by atoms with Crippen molar-refractivity contribution in [2.45, 2.75) is 45.6 Å². The zero-order valence-electron chi connectivity index (χ0n) is 11.5. The Hall–Kier alpha value is -1.35. The van der Waals surface area contributed by atoms with Crippen molar-refractivity contribution < 1.29 is 9.53 Å². The van der Waals surface area contributed by atoms with Crippen LogP contribution in [0.4, 0.5) is 0 Å². The molecule has 0 aromatic heterocycles. The predicted molar refractivity (Wildman–Crippen MR) is 73.6 cm³/mol. The first-order chi connectivity index (χ1) is 8.42. The summed E-state index contributed by atoms with van der Waals surface area (Å²) < 4.78 is 4.98. The van der Waals surface area contributed by atoms with E-state index in [0.717, 1.165) is 24.8 Å². The molecule has 3 heteroatoms. The molecule has 0 bridgehead atoms. The lowest BCUT2D eigenvalue weighted by Crippen LogP contribution is -2.31. The third-order valence-electron chi connectivity index (χ3n) is 2.72. The molecule has 2 N–H and O–H groups in total. The van der Waals surface area contributed by atoms with E-state index < -0.39 is 0 Å². The first-order valence-corrected chi connectivity index (χ1v) is 6.47. The summed E-state index contributed by atoms with van der Waals surface area (Å²) in [6, 6.07) is 7.62. The molecule has 0 aliphatic carbocycles. The topological polar surface area (TPSA) is 52.3 Å². The van der Waals surface area contributed by atoms with Crippen LogP contribution in [0.15, 0.2) is 24.3 Å². The van der Waals surface area contributed by atoms with E-state index in [1.165, 1.54) is 0 Å². The van der Waals surface area contributed by atoms with E-state index >= 15 is 0 Å². The number of ether oxygens (including phenoxy) is 1. The van der Waals surface area contributed by atoms with Crippen LogP contribution in [0.25, 0.3) is 0 Å². The second-order valence-corrected chi connectivity index (χ2v) is 5.26. The average Bonchev–Trinajstić information content (AvgIpc) is 2.28. The number of carbonyl (C=O) groups is 1. The molecule has 0 saturated carbocycles. The minimum atomic E-state index is -0.251. The maximum absolute atomic E-state index is 11.6. The van der Waals surface area contributed by atoms with Gasteiger partial charge < -0.3 is 10.5 Å². The number of esters is 1. The predicted octanol–water partition coefficient (Wildman–Crippen LogP) is 2.92. The normalized spacial score (nSPS) is 11.3. The minimum absolute atomic E-state index is 0.126. The summed E-state index contributed by atoms with van der Waals surface area (Å²) in [5.74, 6) is -0.251. The summed E-state index contributed by atoms with van der Waals surface area (Å²) in [5, 5.41) is 0. The first-order valence-electron chi connectivity index (χ1n) is 6.47. The molecule has 1 aromatic rings. The van der Waals surface area contributed by atoms with Crippen LogP contribution in [-0.2, 0) is 11.2 Å². The summed E-state index contributed by atoms with van der Waals surface area (Å²) in [6.07, 6.45) is 2.93. The standard InChI is InChI=1S/C15H23NO2/c1-4-18-14(17)13-9-5-7-12(11-13)8-6-10-15(2,3)16/h5,7,9,11H,4,6,8,10,16H2,1-3H3. The van der Waals surface area contributed by atoms with Crippen LogP contribution < -0.4 is 5.73 Å². The Morgan fingerprint density at radius 2 is 2.11 bits per heavy atom. The van der Waals surface area contributed by atoms with Crippen molar-refractivity contribution in [1.29, 1.82) is 0 Å². The van der Waals surface area contributed by atoms with Gasteiger partial charge in [-0.2, -0.15) is 0 Å². The fourth-order valence-electron chi connectivity index (χ4n) is 1.82. The lowest BCUT2D eigenvalue weighted by atomic mass is 9.96. The molecular weight excluding hydrogens is 226 g/mol. The van der Waals surface area contributed by atoms with E-state index in [1.54, 1.807) is 6.07 Å². The maximum atomic E-state index is 11.6. The van der Waals surface area contributed by atoms with Crippen molar-refractivity contribution in [3.63, 3.8) is 0 Å². The Labute approximate surface area is 109 Å². The lowest BCUT2D eigenvalue weighted by molar-refractivity contribution is 0.0526. The van der Waals surface area contributed by atoms with Gasteiger partial charge in [-0.15, -0.1) is 0 Å². The molecule has 0 atom stereocenters. The smallest absolute Gasteiger partial charge is 0.338 e. The Morgan fingerprint density at radius 3 is 2.72 bits per heavy atom. The van der Waals surface area contributed by atoms with Crippen LogP contribution in [0.1, 0.15) is 49.5 Å². The zero-order valence-corrected chi connectivity index (χ0v) is 11.5. The van der Waals surface area contributed by atoms with Gasteiger partial charge in [-0.3, -0.25) is 0 Å². The van der Waals surface area contributed by atoms with E-state index in [2.05, 4.69) is 0 Å². The van der Waals surface area contributed by atoms with Gasteiger partial charge in [0.05, 0.1) is 12.2 Å². The summed E-state index contributed by atoms with van der Waals surface area (Å²) in [7, 11) is 0. The zero-order chi connectivity index (χ0) is 13.6. The van der Waals surface area contributed by atoms with Crippen molar-refractivity contribution in [3.05, 3.63) is 35.4 Å². The molecule has 0 heterocycles. The van der Waals surface area contributed by atoms with Crippen LogP contribution in [0.2, 0.25) is 0 Å². The monoisotopic (exact) mass is 249 g/mol. The molecule has 0 saturated heterocycles. The van der Waals surface area contributed by atoms with Gasteiger partial charge in [-0.05, 0) is 57.7 Å². The maximum Gasteiger partial charge on any atom is 0.338 e.